The van der Waals surface area contributed by atoms with E-state index in [1.54, 1.807) is 4.90 Å². The highest BCUT2D eigenvalue weighted by molar-refractivity contribution is 5.95. The van der Waals surface area contributed by atoms with Crippen molar-refractivity contribution < 1.29 is 14.3 Å². The number of amides is 2. The predicted molar refractivity (Wildman–Crippen MR) is 126 cm³/mol. The van der Waals surface area contributed by atoms with E-state index < -0.39 is 0 Å². The lowest BCUT2D eigenvalue weighted by Crippen LogP contribution is -2.51. The number of piperazine rings is 1. The van der Waals surface area contributed by atoms with Crippen molar-refractivity contribution in [2.45, 2.75) is 13.8 Å². The molecule has 32 heavy (non-hydrogen) atoms. The molecule has 1 heterocycles. The van der Waals surface area contributed by atoms with E-state index in [1.807, 2.05) is 79.4 Å². The Morgan fingerprint density at radius 1 is 0.750 bits per heavy atom. The van der Waals surface area contributed by atoms with Crippen molar-refractivity contribution in [2.75, 3.05) is 32.8 Å². The van der Waals surface area contributed by atoms with Gasteiger partial charge in [-0.25, -0.2) is 0 Å². The quantitative estimate of drug-likeness (QED) is 0.608. The van der Waals surface area contributed by atoms with Gasteiger partial charge in [-0.2, -0.15) is 0 Å². The van der Waals surface area contributed by atoms with Crippen LogP contribution in [0, 0.1) is 13.8 Å². The second-order valence-electron chi connectivity index (χ2n) is 8.15. The van der Waals surface area contributed by atoms with Crippen molar-refractivity contribution in [3.63, 3.8) is 0 Å². The SMILES string of the molecule is Cc1ccc(OCC(=O)N2CCN(C(=O)c3ccc(-c4ccccc4)cc3)CC2)cc1C. The van der Waals surface area contributed by atoms with E-state index in [0.717, 1.165) is 16.7 Å². The summed E-state index contributed by atoms with van der Waals surface area (Å²) in [6, 6.07) is 23.6. The summed E-state index contributed by atoms with van der Waals surface area (Å²) in [5, 5.41) is 0. The van der Waals surface area contributed by atoms with Gasteiger partial charge in [0.05, 0.1) is 0 Å². The highest BCUT2D eigenvalue weighted by atomic mass is 16.5. The summed E-state index contributed by atoms with van der Waals surface area (Å²) in [5.74, 6) is 0.653. The van der Waals surface area contributed by atoms with Crippen molar-refractivity contribution in [2.24, 2.45) is 0 Å². The summed E-state index contributed by atoms with van der Waals surface area (Å²) in [6.45, 7) is 6.16. The molecule has 0 spiro atoms. The Morgan fingerprint density at radius 3 is 2.03 bits per heavy atom. The molecule has 4 rings (SSSR count). The molecule has 0 bridgehead atoms. The van der Waals surface area contributed by atoms with Crippen molar-refractivity contribution >= 4 is 11.8 Å². The van der Waals surface area contributed by atoms with Crippen molar-refractivity contribution in [3.05, 3.63) is 89.5 Å². The van der Waals surface area contributed by atoms with Crippen LogP contribution in [0.4, 0.5) is 0 Å². The molecule has 0 N–H and O–H groups in total. The first kappa shape index (κ1) is 21.6. The first-order valence-electron chi connectivity index (χ1n) is 10.9. The molecule has 2 amide bonds. The first-order valence-corrected chi connectivity index (χ1v) is 10.9. The number of hydrogen-bond donors (Lipinski definition) is 0. The Morgan fingerprint density at radius 2 is 1.38 bits per heavy atom. The van der Waals surface area contributed by atoms with Crippen LogP contribution in [0.2, 0.25) is 0 Å². The topological polar surface area (TPSA) is 49.9 Å². The molecule has 0 aromatic heterocycles. The van der Waals surface area contributed by atoms with Crippen LogP contribution in [0.15, 0.2) is 72.8 Å². The van der Waals surface area contributed by atoms with Crippen molar-refractivity contribution in [3.8, 4) is 16.9 Å². The van der Waals surface area contributed by atoms with Gasteiger partial charge in [-0.3, -0.25) is 9.59 Å². The molecule has 1 fully saturated rings. The van der Waals surface area contributed by atoms with E-state index in [2.05, 4.69) is 12.1 Å². The van der Waals surface area contributed by atoms with Crippen LogP contribution in [0.25, 0.3) is 11.1 Å². The van der Waals surface area contributed by atoms with Crippen molar-refractivity contribution in [1.82, 2.24) is 9.80 Å². The molecule has 0 unspecified atom stereocenters. The van der Waals surface area contributed by atoms with Crippen LogP contribution >= 0.6 is 0 Å². The van der Waals surface area contributed by atoms with Crippen LogP contribution in [0.5, 0.6) is 5.75 Å². The number of aryl methyl sites for hydroxylation is 2. The monoisotopic (exact) mass is 428 g/mol. The Kier molecular flexibility index (Phi) is 6.55. The van der Waals surface area contributed by atoms with E-state index in [1.165, 1.54) is 5.56 Å². The van der Waals surface area contributed by atoms with Crippen LogP contribution in [-0.4, -0.2) is 54.4 Å². The number of ether oxygens (including phenoxy) is 1. The van der Waals surface area contributed by atoms with Gasteiger partial charge in [-0.15, -0.1) is 0 Å². The molecule has 0 radical (unpaired) electrons. The maximum atomic E-state index is 12.9. The van der Waals surface area contributed by atoms with Gasteiger partial charge in [0, 0.05) is 31.7 Å². The molecule has 1 aliphatic heterocycles. The minimum atomic E-state index is -0.0532. The molecule has 3 aromatic carbocycles. The molecule has 5 nitrogen and oxygen atoms in total. The number of rotatable bonds is 5. The third-order valence-electron chi connectivity index (χ3n) is 6.00. The average molecular weight is 429 g/mol. The van der Waals surface area contributed by atoms with E-state index in [0.29, 0.717) is 37.5 Å². The zero-order valence-corrected chi connectivity index (χ0v) is 18.6. The number of carbonyl (C=O) groups is 2. The standard InChI is InChI=1S/C27H28N2O3/c1-20-8-13-25(18-21(20)2)32-19-26(30)28-14-16-29(17-15-28)27(31)24-11-9-23(10-12-24)22-6-4-3-5-7-22/h3-13,18H,14-17,19H2,1-2H3. The van der Waals surface area contributed by atoms with E-state index >= 15 is 0 Å². The van der Waals surface area contributed by atoms with Gasteiger partial charge in [0.1, 0.15) is 5.75 Å². The van der Waals surface area contributed by atoms with Gasteiger partial charge in [0.25, 0.3) is 11.8 Å². The molecule has 5 heteroatoms. The summed E-state index contributed by atoms with van der Waals surface area (Å²) in [6.07, 6.45) is 0. The van der Waals surface area contributed by atoms with E-state index in [9.17, 15) is 9.59 Å². The van der Waals surface area contributed by atoms with Crippen LogP contribution in [0.3, 0.4) is 0 Å². The normalized spacial score (nSPS) is 13.7. The molecular formula is C27H28N2O3. The van der Waals surface area contributed by atoms with Gasteiger partial charge in [-0.05, 0) is 60.4 Å². The smallest absolute Gasteiger partial charge is 0.260 e. The fourth-order valence-electron chi connectivity index (χ4n) is 3.82. The fraction of sp³-hybridized carbons (Fsp3) is 0.259. The minimum absolute atomic E-state index is 0.00286. The second kappa shape index (κ2) is 9.69. The Labute approximate surface area is 189 Å². The highest BCUT2D eigenvalue weighted by Gasteiger charge is 2.25. The fourth-order valence-corrected chi connectivity index (χ4v) is 3.82. The van der Waals surface area contributed by atoms with E-state index in [-0.39, 0.29) is 18.4 Å². The van der Waals surface area contributed by atoms with E-state index in [4.69, 9.17) is 4.74 Å². The molecule has 0 atom stereocenters. The second-order valence-corrected chi connectivity index (χ2v) is 8.15. The third kappa shape index (κ3) is 4.99. The Hall–Kier alpha value is -3.60. The average Bonchev–Trinajstić information content (AvgIpc) is 2.85. The number of carbonyl (C=O) groups excluding carboxylic acids is 2. The summed E-state index contributed by atoms with van der Waals surface area (Å²) in [5.41, 5.74) is 5.21. The summed E-state index contributed by atoms with van der Waals surface area (Å²) >= 11 is 0. The van der Waals surface area contributed by atoms with Gasteiger partial charge in [0.15, 0.2) is 6.61 Å². The van der Waals surface area contributed by atoms with Gasteiger partial charge in [0.2, 0.25) is 0 Å². The number of nitrogens with zero attached hydrogens (tertiary/aromatic N) is 2. The molecule has 0 aliphatic carbocycles. The lowest BCUT2D eigenvalue weighted by Gasteiger charge is -2.34. The molecule has 3 aromatic rings. The summed E-state index contributed by atoms with van der Waals surface area (Å²) < 4.78 is 5.68. The third-order valence-corrected chi connectivity index (χ3v) is 6.00. The minimum Gasteiger partial charge on any atom is -0.484 e. The van der Waals surface area contributed by atoms with Gasteiger partial charge >= 0.3 is 0 Å². The Bertz CT molecular complexity index is 1090. The molecule has 0 saturated carbocycles. The lowest BCUT2D eigenvalue weighted by molar-refractivity contribution is -0.134. The largest absolute Gasteiger partial charge is 0.484 e. The van der Waals surface area contributed by atoms with Gasteiger partial charge in [-0.1, -0.05) is 48.5 Å². The number of benzene rings is 3. The molecule has 164 valence electrons. The highest BCUT2D eigenvalue weighted by Crippen LogP contribution is 2.20. The number of hydrogen-bond acceptors (Lipinski definition) is 3. The zero-order chi connectivity index (χ0) is 22.5. The van der Waals surface area contributed by atoms with Gasteiger partial charge < -0.3 is 14.5 Å². The molecular weight excluding hydrogens is 400 g/mol. The van der Waals surface area contributed by atoms with Crippen LogP contribution in [0.1, 0.15) is 21.5 Å². The Balaban J connectivity index is 1.28. The maximum absolute atomic E-state index is 12.9. The predicted octanol–water partition coefficient (Wildman–Crippen LogP) is 4.33. The maximum Gasteiger partial charge on any atom is 0.260 e. The first-order chi connectivity index (χ1) is 15.5. The summed E-state index contributed by atoms with van der Waals surface area (Å²) in [7, 11) is 0. The van der Waals surface area contributed by atoms with Crippen molar-refractivity contribution in [1.29, 1.82) is 0 Å². The van der Waals surface area contributed by atoms with Crippen LogP contribution in [-0.2, 0) is 4.79 Å². The van der Waals surface area contributed by atoms with Crippen LogP contribution < -0.4 is 4.74 Å². The molecule has 1 aliphatic rings. The lowest BCUT2D eigenvalue weighted by atomic mass is 10.0. The summed E-state index contributed by atoms with van der Waals surface area (Å²) in [4.78, 5) is 29.0. The molecule has 1 saturated heterocycles. The zero-order valence-electron chi connectivity index (χ0n) is 18.6.